The van der Waals surface area contributed by atoms with Crippen LogP contribution in [0.1, 0.15) is 18.4 Å². The van der Waals surface area contributed by atoms with Gasteiger partial charge < -0.3 is 4.90 Å². The third kappa shape index (κ3) is 2.90. The monoisotopic (exact) mass is 272 g/mol. The highest BCUT2D eigenvalue weighted by atomic mass is 35.5. The summed E-state index contributed by atoms with van der Waals surface area (Å²) in [6.45, 7) is 1.11. The molecule has 0 bridgehead atoms. The predicted molar refractivity (Wildman–Crippen MR) is 79.8 cm³/mol. The van der Waals surface area contributed by atoms with Crippen molar-refractivity contribution in [1.29, 1.82) is 0 Å². The lowest BCUT2D eigenvalue weighted by molar-refractivity contribution is 0.663. The Kier molecular flexibility index (Phi) is 3.69. The van der Waals surface area contributed by atoms with Gasteiger partial charge in [-0.05, 0) is 37.0 Å². The van der Waals surface area contributed by atoms with Crippen LogP contribution >= 0.6 is 11.6 Å². The van der Waals surface area contributed by atoms with Crippen LogP contribution in [0.4, 0.5) is 5.69 Å². The second-order valence-electron chi connectivity index (χ2n) is 5.02. The quantitative estimate of drug-likeness (QED) is 0.787. The fraction of sp³-hybridized carbons (Fsp3) is 0.312. The van der Waals surface area contributed by atoms with Gasteiger partial charge in [0.1, 0.15) is 5.15 Å². The Morgan fingerprint density at radius 1 is 1.21 bits per heavy atom. The van der Waals surface area contributed by atoms with Crippen LogP contribution in [0.25, 0.3) is 0 Å². The molecule has 1 aliphatic heterocycles. The largest absolute Gasteiger partial charge is 0.368 e. The second kappa shape index (κ2) is 5.62. The van der Waals surface area contributed by atoms with E-state index in [2.05, 4.69) is 46.3 Å². The molecule has 1 aliphatic rings. The minimum atomic E-state index is 0.570. The molecule has 3 heteroatoms. The third-order valence-electron chi connectivity index (χ3n) is 3.73. The van der Waals surface area contributed by atoms with Gasteiger partial charge in [0, 0.05) is 24.5 Å². The Morgan fingerprint density at radius 3 is 2.84 bits per heavy atom. The lowest BCUT2D eigenvalue weighted by atomic mass is 10.0. The molecular formula is C16H17ClN2. The average Bonchev–Trinajstić information content (AvgIpc) is 2.88. The molecule has 1 unspecified atom stereocenters. The molecule has 19 heavy (non-hydrogen) atoms. The Labute approximate surface area is 119 Å². The molecule has 1 aromatic heterocycles. The summed E-state index contributed by atoms with van der Waals surface area (Å²) in [6.07, 6.45) is 5.38. The van der Waals surface area contributed by atoms with Crippen LogP contribution in [0.5, 0.6) is 0 Å². The first-order valence-corrected chi connectivity index (χ1v) is 7.13. The van der Waals surface area contributed by atoms with Gasteiger partial charge in [0.05, 0.1) is 0 Å². The molecular weight excluding hydrogens is 256 g/mol. The van der Waals surface area contributed by atoms with E-state index in [9.17, 15) is 0 Å². The highest BCUT2D eigenvalue weighted by molar-refractivity contribution is 6.29. The first kappa shape index (κ1) is 12.5. The zero-order valence-electron chi connectivity index (χ0n) is 10.8. The summed E-state index contributed by atoms with van der Waals surface area (Å²) in [7, 11) is 0. The van der Waals surface area contributed by atoms with Crippen LogP contribution in [0.15, 0.2) is 48.7 Å². The fourth-order valence-corrected chi connectivity index (χ4v) is 3.01. The maximum absolute atomic E-state index is 5.99. The molecule has 2 aromatic rings. The lowest BCUT2D eigenvalue weighted by Gasteiger charge is -2.27. The van der Waals surface area contributed by atoms with Crippen molar-refractivity contribution in [2.24, 2.45) is 0 Å². The van der Waals surface area contributed by atoms with Crippen molar-refractivity contribution in [2.75, 3.05) is 11.4 Å². The fourth-order valence-electron chi connectivity index (χ4n) is 2.84. The molecule has 1 saturated heterocycles. The third-order valence-corrected chi connectivity index (χ3v) is 3.94. The second-order valence-corrected chi connectivity index (χ2v) is 5.40. The summed E-state index contributed by atoms with van der Waals surface area (Å²) in [4.78, 5) is 6.52. The summed E-state index contributed by atoms with van der Waals surface area (Å²) < 4.78 is 0. The minimum absolute atomic E-state index is 0.570. The van der Waals surface area contributed by atoms with Crippen LogP contribution in [0.3, 0.4) is 0 Å². The number of pyridine rings is 1. The van der Waals surface area contributed by atoms with Crippen molar-refractivity contribution in [3.8, 4) is 0 Å². The van der Waals surface area contributed by atoms with E-state index in [1.807, 2.05) is 6.07 Å². The van der Waals surface area contributed by atoms with Crippen molar-refractivity contribution in [1.82, 2.24) is 4.98 Å². The van der Waals surface area contributed by atoms with Gasteiger partial charge in [0.15, 0.2) is 0 Å². The number of benzene rings is 1. The number of hydrogen-bond donors (Lipinski definition) is 0. The summed E-state index contributed by atoms with van der Waals surface area (Å²) >= 11 is 5.99. The molecule has 0 radical (unpaired) electrons. The normalized spacial score (nSPS) is 18.8. The van der Waals surface area contributed by atoms with E-state index in [-0.39, 0.29) is 0 Å². The SMILES string of the molecule is Clc1cc(N2CCCC2Cc2ccccc2)ccn1. The molecule has 98 valence electrons. The van der Waals surface area contributed by atoms with Crippen LogP contribution in [-0.4, -0.2) is 17.6 Å². The topological polar surface area (TPSA) is 16.1 Å². The smallest absolute Gasteiger partial charge is 0.131 e. The van der Waals surface area contributed by atoms with E-state index >= 15 is 0 Å². The first-order valence-electron chi connectivity index (χ1n) is 6.75. The maximum atomic E-state index is 5.99. The number of aromatic nitrogens is 1. The van der Waals surface area contributed by atoms with E-state index < -0.39 is 0 Å². The molecule has 3 rings (SSSR count). The van der Waals surface area contributed by atoms with Gasteiger partial charge in [0.25, 0.3) is 0 Å². The van der Waals surface area contributed by atoms with E-state index in [0.717, 1.165) is 13.0 Å². The number of rotatable bonds is 3. The standard InChI is InChI=1S/C16H17ClN2/c17-16-12-15(8-9-18-16)19-10-4-7-14(19)11-13-5-2-1-3-6-13/h1-3,5-6,8-9,12,14H,4,7,10-11H2. The zero-order chi connectivity index (χ0) is 13.1. The van der Waals surface area contributed by atoms with Gasteiger partial charge in [-0.25, -0.2) is 4.98 Å². The number of hydrogen-bond acceptors (Lipinski definition) is 2. The van der Waals surface area contributed by atoms with Crippen LogP contribution in [-0.2, 0) is 6.42 Å². The summed E-state index contributed by atoms with van der Waals surface area (Å²) in [5.74, 6) is 0. The Bertz CT molecular complexity index is 541. The van der Waals surface area contributed by atoms with Gasteiger partial charge in [-0.2, -0.15) is 0 Å². The summed E-state index contributed by atoms with van der Waals surface area (Å²) in [6, 6.07) is 15.3. The summed E-state index contributed by atoms with van der Waals surface area (Å²) in [5.41, 5.74) is 2.60. The van der Waals surface area contributed by atoms with E-state index in [1.54, 1.807) is 6.20 Å². The zero-order valence-corrected chi connectivity index (χ0v) is 11.6. The molecule has 0 amide bonds. The molecule has 0 aliphatic carbocycles. The molecule has 1 atom stereocenters. The van der Waals surface area contributed by atoms with Gasteiger partial charge in [0.2, 0.25) is 0 Å². The van der Waals surface area contributed by atoms with Crippen molar-refractivity contribution in [2.45, 2.75) is 25.3 Å². The van der Waals surface area contributed by atoms with Gasteiger partial charge >= 0.3 is 0 Å². The van der Waals surface area contributed by atoms with Crippen molar-refractivity contribution < 1.29 is 0 Å². The maximum Gasteiger partial charge on any atom is 0.131 e. The van der Waals surface area contributed by atoms with Crippen molar-refractivity contribution in [3.05, 3.63) is 59.4 Å². The van der Waals surface area contributed by atoms with Crippen molar-refractivity contribution in [3.63, 3.8) is 0 Å². The molecule has 2 nitrogen and oxygen atoms in total. The van der Waals surface area contributed by atoms with Crippen LogP contribution in [0, 0.1) is 0 Å². The van der Waals surface area contributed by atoms with E-state index in [0.29, 0.717) is 11.2 Å². The van der Waals surface area contributed by atoms with Crippen LogP contribution < -0.4 is 4.90 Å². The molecule has 0 spiro atoms. The van der Waals surface area contributed by atoms with Gasteiger partial charge in [-0.3, -0.25) is 0 Å². The van der Waals surface area contributed by atoms with Gasteiger partial charge in [-0.15, -0.1) is 0 Å². The highest BCUT2D eigenvalue weighted by Crippen LogP contribution is 2.28. The number of anilines is 1. The Morgan fingerprint density at radius 2 is 2.05 bits per heavy atom. The minimum Gasteiger partial charge on any atom is -0.368 e. The molecule has 2 heterocycles. The number of nitrogens with zero attached hydrogens (tertiary/aromatic N) is 2. The number of halogens is 1. The van der Waals surface area contributed by atoms with Gasteiger partial charge in [-0.1, -0.05) is 41.9 Å². The van der Waals surface area contributed by atoms with Crippen LogP contribution in [0.2, 0.25) is 5.15 Å². The lowest BCUT2D eigenvalue weighted by Crippen LogP contribution is -2.30. The molecule has 0 saturated carbocycles. The Hall–Kier alpha value is -1.54. The summed E-state index contributed by atoms with van der Waals surface area (Å²) in [5, 5.41) is 0.572. The first-order chi connectivity index (χ1) is 9.33. The van der Waals surface area contributed by atoms with E-state index in [1.165, 1.54) is 24.1 Å². The molecule has 1 fully saturated rings. The predicted octanol–water partition coefficient (Wildman–Crippen LogP) is 3.95. The highest BCUT2D eigenvalue weighted by Gasteiger charge is 2.24. The average molecular weight is 273 g/mol. The van der Waals surface area contributed by atoms with E-state index in [4.69, 9.17) is 11.6 Å². The van der Waals surface area contributed by atoms with Crippen molar-refractivity contribution >= 4 is 17.3 Å². The molecule has 1 aromatic carbocycles. The Balaban J connectivity index is 1.78. The molecule has 0 N–H and O–H groups in total.